The smallest absolute Gasteiger partial charge is 0.0705 e. The molecule has 1 aromatic carbocycles. The Morgan fingerprint density at radius 3 is 2.57 bits per heavy atom. The topological polar surface area (TPSA) is 54.2 Å². The van der Waals surface area contributed by atoms with Crippen molar-refractivity contribution in [2.75, 3.05) is 13.1 Å². The molecule has 114 valence electrons. The van der Waals surface area contributed by atoms with Gasteiger partial charge in [-0.15, -0.1) is 0 Å². The van der Waals surface area contributed by atoms with Crippen molar-refractivity contribution in [3.05, 3.63) is 42.1 Å². The summed E-state index contributed by atoms with van der Waals surface area (Å²) in [5, 5.41) is 1.15. The van der Waals surface area contributed by atoms with E-state index in [1.165, 1.54) is 5.56 Å². The molecule has 0 saturated carbocycles. The SMILES string of the molecule is CCN(CC)C(C)(C)C(NN)c1ccc2cccnc2c1. The Labute approximate surface area is 127 Å². The lowest BCUT2D eigenvalue weighted by Gasteiger charge is -2.43. The minimum Gasteiger partial charge on any atom is -0.297 e. The summed E-state index contributed by atoms with van der Waals surface area (Å²) in [5.74, 6) is 5.89. The first-order valence-electron chi connectivity index (χ1n) is 7.60. The van der Waals surface area contributed by atoms with Crippen LogP contribution in [0.15, 0.2) is 36.5 Å². The molecule has 1 heterocycles. The fourth-order valence-electron chi connectivity index (χ4n) is 3.19. The number of nitrogens with one attached hydrogen (secondary N) is 1. The van der Waals surface area contributed by atoms with Crippen LogP contribution < -0.4 is 11.3 Å². The normalized spacial score (nSPS) is 13.8. The van der Waals surface area contributed by atoms with E-state index < -0.39 is 0 Å². The van der Waals surface area contributed by atoms with E-state index in [1.54, 1.807) is 0 Å². The second kappa shape index (κ2) is 6.52. The number of hydrogen-bond acceptors (Lipinski definition) is 4. The molecule has 0 aliphatic heterocycles. The molecular formula is C17H26N4. The van der Waals surface area contributed by atoms with Crippen LogP contribution in [0.1, 0.15) is 39.3 Å². The highest BCUT2D eigenvalue weighted by molar-refractivity contribution is 5.79. The largest absolute Gasteiger partial charge is 0.297 e. The Morgan fingerprint density at radius 1 is 1.24 bits per heavy atom. The summed E-state index contributed by atoms with van der Waals surface area (Å²) in [5.41, 5.74) is 5.09. The monoisotopic (exact) mass is 286 g/mol. The van der Waals surface area contributed by atoms with E-state index in [2.05, 4.69) is 67.3 Å². The molecule has 0 fully saturated rings. The third-order valence-electron chi connectivity index (χ3n) is 4.41. The van der Waals surface area contributed by atoms with Gasteiger partial charge in [-0.3, -0.25) is 21.2 Å². The van der Waals surface area contributed by atoms with Gasteiger partial charge in [0.1, 0.15) is 0 Å². The Hall–Kier alpha value is -1.49. The van der Waals surface area contributed by atoms with E-state index in [-0.39, 0.29) is 11.6 Å². The summed E-state index contributed by atoms with van der Waals surface area (Å²) in [7, 11) is 0. The number of benzene rings is 1. The van der Waals surface area contributed by atoms with Gasteiger partial charge in [0.25, 0.3) is 0 Å². The van der Waals surface area contributed by atoms with Crippen molar-refractivity contribution < 1.29 is 0 Å². The van der Waals surface area contributed by atoms with Crippen molar-refractivity contribution in [1.82, 2.24) is 15.3 Å². The van der Waals surface area contributed by atoms with Gasteiger partial charge in [0.2, 0.25) is 0 Å². The maximum Gasteiger partial charge on any atom is 0.0705 e. The predicted molar refractivity (Wildman–Crippen MR) is 88.8 cm³/mol. The average molecular weight is 286 g/mol. The van der Waals surface area contributed by atoms with Gasteiger partial charge in [-0.05, 0) is 44.6 Å². The highest BCUT2D eigenvalue weighted by atomic mass is 15.3. The summed E-state index contributed by atoms with van der Waals surface area (Å²) in [6.45, 7) is 10.8. The van der Waals surface area contributed by atoms with Crippen LogP contribution in [0.4, 0.5) is 0 Å². The van der Waals surface area contributed by atoms with Crippen molar-refractivity contribution >= 4 is 10.9 Å². The quantitative estimate of drug-likeness (QED) is 0.633. The summed E-state index contributed by atoms with van der Waals surface area (Å²) >= 11 is 0. The fraction of sp³-hybridized carbons (Fsp3) is 0.471. The second-order valence-electron chi connectivity index (χ2n) is 5.88. The van der Waals surface area contributed by atoms with Crippen LogP contribution in [-0.4, -0.2) is 28.5 Å². The van der Waals surface area contributed by atoms with Crippen LogP contribution in [0.3, 0.4) is 0 Å². The highest BCUT2D eigenvalue weighted by Gasteiger charge is 2.34. The molecule has 1 atom stereocenters. The molecule has 4 nitrogen and oxygen atoms in total. The first-order valence-corrected chi connectivity index (χ1v) is 7.60. The molecule has 4 heteroatoms. The lowest BCUT2D eigenvalue weighted by Crippen LogP contribution is -2.54. The van der Waals surface area contributed by atoms with Gasteiger partial charge in [0.15, 0.2) is 0 Å². The molecule has 3 N–H and O–H groups in total. The van der Waals surface area contributed by atoms with Crippen LogP contribution in [0.5, 0.6) is 0 Å². The minimum atomic E-state index is -0.0826. The number of rotatable bonds is 6. The molecule has 1 aromatic heterocycles. The van der Waals surface area contributed by atoms with Gasteiger partial charge in [0.05, 0.1) is 11.6 Å². The molecular weight excluding hydrogens is 260 g/mol. The molecule has 0 amide bonds. The first-order chi connectivity index (χ1) is 10.0. The number of nitrogens with two attached hydrogens (primary N) is 1. The van der Waals surface area contributed by atoms with Crippen molar-refractivity contribution in [3.63, 3.8) is 0 Å². The van der Waals surface area contributed by atoms with Crippen LogP contribution in [-0.2, 0) is 0 Å². The minimum absolute atomic E-state index is 0.0452. The van der Waals surface area contributed by atoms with E-state index in [0.717, 1.165) is 24.0 Å². The van der Waals surface area contributed by atoms with Gasteiger partial charge in [-0.25, -0.2) is 0 Å². The Balaban J connectivity index is 2.43. The number of hydrogen-bond donors (Lipinski definition) is 2. The van der Waals surface area contributed by atoms with Gasteiger partial charge in [-0.1, -0.05) is 32.0 Å². The lowest BCUT2D eigenvalue weighted by molar-refractivity contribution is 0.0913. The zero-order valence-electron chi connectivity index (χ0n) is 13.4. The maximum atomic E-state index is 5.89. The zero-order chi connectivity index (χ0) is 15.5. The van der Waals surface area contributed by atoms with Gasteiger partial charge in [0, 0.05) is 17.1 Å². The van der Waals surface area contributed by atoms with Gasteiger partial charge < -0.3 is 0 Å². The van der Waals surface area contributed by atoms with E-state index in [0.29, 0.717) is 0 Å². The second-order valence-corrected chi connectivity index (χ2v) is 5.88. The Morgan fingerprint density at radius 2 is 1.95 bits per heavy atom. The number of likely N-dealkylation sites (N-methyl/N-ethyl adjacent to an activating group) is 1. The van der Waals surface area contributed by atoms with Crippen molar-refractivity contribution in [2.24, 2.45) is 5.84 Å². The lowest BCUT2D eigenvalue weighted by atomic mass is 9.86. The molecule has 0 spiro atoms. The van der Waals surface area contributed by atoms with Crippen LogP contribution in [0, 0.1) is 0 Å². The van der Waals surface area contributed by atoms with Crippen LogP contribution in [0.2, 0.25) is 0 Å². The third-order valence-corrected chi connectivity index (χ3v) is 4.41. The molecule has 0 bridgehead atoms. The third kappa shape index (κ3) is 3.07. The Bertz CT molecular complexity index is 590. The maximum absolute atomic E-state index is 5.89. The zero-order valence-corrected chi connectivity index (χ0v) is 13.4. The van der Waals surface area contributed by atoms with Crippen LogP contribution >= 0.6 is 0 Å². The van der Waals surface area contributed by atoms with E-state index in [4.69, 9.17) is 5.84 Å². The van der Waals surface area contributed by atoms with Gasteiger partial charge in [-0.2, -0.15) is 0 Å². The number of nitrogens with zero attached hydrogens (tertiary/aromatic N) is 2. The van der Waals surface area contributed by atoms with E-state index >= 15 is 0 Å². The molecule has 21 heavy (non-hydrogen) atoms. The summed E-state index contributed by atoms with van der Waals surface area (Å²) < 4.78 is 0. The molecule has 0 aliphatic carbocycles. The van der Waals surface area contributed by atoms with Crippen LogP contribution in [0.25, 0.3) is 10.9 Å². The summed E-state index contributed by atoms with van der Waals surface area (Å²) in [6, 6.07) is 10.5. The van der Waals surface area contributed by atoms with Gasteiger partial charge >= 0.3 is 0 Å². The molecule has 1 unspecified atom stereocenters. The molecule has 2 aromatic rings. The van der Waals surface area contributed by atoms with E-state index in [1.807, 2.05) is 12.3 Å². The molecule has 0 aliphatic rings. The van der Waals surface area contributed by atoms with Crippen molar-refractivity contribution in [3.8, 4) is 0 Å². The van der Waals surface area contributed by atoms with E-state index in [9.17, 15) is 0 Å². The Kier molecular flexibility index (Phi) is 4.93. The molecule has 0 radical (unpaired) electrons. The predicted octanol–water partition coefficient (Wildman–Crippen LogP) is 2.86. The molecule has 2 rings (SSSR count). The number of aromatic nitrogens is 1. The standard InChI is InChI=1S/C17H26N4/c1-5-21(6-2)17(3,4)16(20-18)14-10-9-13-8-7-11-19-15(13)12-14/h7-12,16,20H,5-6,18H2,1-4H3. The van der Waals surface area contributed by atoms with Crippen molar-refractivity contribution in [1.29, 1.82) is 0 Å². The summed E-state index contributed by atoms with van der Waals surface area (Å²) in [6.07, 6.45) is 1.83. The fourth-order valence-corrected chi connectivity index (χ4v) is 3.19. The first kappa shape index (κ1) is 15.9. The van der Waals surface area contributed by atoms with Crippen molar-refractivity contribution in [2.45, 2.75) is 39.3 Å². The number of fused-ring (bicyclic) bond motifs is 1. The highest BCUT2D eigenvalue weighted by Crippen LogP contribution is 2.31. The number of hydrazine groups is 1. The molecule has 0 saturated heterocycles. The average Bonchev–Trinajstić information content (AvgIpc) is 2.48. The summed E-state index contributed by atoms with van der Waals surface area (Å²) in [4.78, 5) is 6.86. The number of pyridine rings is 1.